The number of benzene rings is 1. The molecule has 0 aromatic heterocycles. The minimum atomic E-state index is -4.54. The van der Waals surface area contributed by atoms with Crippen molar-refractivity contribution in [2.24, 2.45) is 10.7 Å². The molecule has 2 aliphatic heterocycles. The van der Waals surface area contributed by atoms with Crippen LogP contribution < -0.4 is 21.3 Å². The summed E-state index contributed by atoms with van der Waals surface area (Å²) in [6.07, 6.45) is -3.69. The van der Waals surface area contributed by atoms with E-state index in [9.17, 15) is 13.2 Å². The van der Waals surface area contributed by atoms with Crippen molar-refractivity contribution in [3.8, 4) is 0 Å². The zero-order chi connectivity index (χ0) is 18.1. The van der Waals surface area contributed by atoms with E-state index in [4.69, 9.17) is 10.5 Å². The van der Waals surface area contributed by atoms with Gasteiger partial charge in [0, 0.05) is 30.7 Å². The van der Waals surface area contributed by atoms with Gasteiger partial charge in [-0.05, 0) is 31.2 Å². The van der Waals surface area contributed by atoms with Crippen molar-refractivity contribution in [1.82, 2.24) is 5.32 Å². The number of rotatable bonds is 2. The normalized spacial score (nSPS) is 24.3. The minimum Gasteiger partial charge on any atom is -0.378 e. The van der Waals surface area contributed by atoms with Crippen molar-refractivity contribution in [1.29, 1.82) is 0 Å². The molecule has 1 atom stereocenters. The number of hydrogen-bond donors (Lipinski definition) is 3. The Morgan fingerprint density at radius 3 is 2.44 bits per heavy atom. The molecule has 1 fully saturated rings. The summed E-state index contributed by atoms with van der Waals surface area (Å²) in [5.74, 6) is 0.164. The molecule has 9 heteroatoms. The van der Waals surface area contributed by atoms with Crippen LogP contribution in [-0.4, -0.2) is 44.1 Å². The van der Waals surface area contributed by atoms with Crippen molar-refractivity contribution in [3.05, 3.63) is 36.0 Å². The lowest BCUT2D eigenvalue weighted by Gasteiger charge is -2.30. The van der Waals surface area contributed by atoms with Crippen LogP contribution in [0.15, 0.2) is 41.0 Å². The number of hydrogen-bond acceptors (Lipinski definition) is 6. The van der Waals surface area contributed by atoms with Gasteiger partial charge >= 0.3 is 6.18 Å². The number of guanidine groups is 1. The molecule has 6 nitrogen and oxygen atoms in total. The Morgan fingerprint density at radius 1 is 1.24 bits per heavy atom. The van der Waals surface area contributed by atoms with Gasteiger partial charge in [-0.25, -0.2) is 4.99 Å². The van der Waals surface area contributed by atoms with E-state index in [1.807, 2.05) is 24.3 Å². The number of morpholine rings is 1. The Labute approximate surface area is 143 Å². The maximum Gasteiger partial charge on any atom is 0.417 e. The maximum absolute atomic E-state index is 12.9. The third-order valence-electron chi connectivity index (χ3n) is 4.05. The average Bonchev–Trinajstić information content (AvgIpc) is 2.54. The summed E-state index contributed by atoms with van der Waals surface area (Å²) in [6, 6.07) is 7.56. The highest BCUT2D eigenvalue weighted by molar-refractivity contribution is 5.95. The highest BCUT2D eigenvalue weighted by atomic mass is 19.4. The van der Waals surface area contributed by atoms with Crippen LogP contribution in [0.2, 0.25) is 0 Å². The van der Waals surface area contributed by atoms with Gasteiger partial charge in [-0.15, -0.1) is 0 Å². The van der Waals surface area contributed by atoms with Crippen molar-refractivity contribution < 1.29 is 17.9 Å². The molecule has 2 heterocycles. The smallest absolute Gasteiger partial charge is 0.378 e. The first-order valence-corrected chi connectivity index (χ1v) is 7.88. The second-order valence-corrected chi connectivity index (χ2v) is 6.08. The monoisotopic (exact) mass is 355 g/mol. The second-order valence-electron chi connectivity index (χ2n) is 6.08. The number of aliphatic imine (C=N–C) groups is 1. The summed E-state index contributed by atoms with van der Waals surface area (Å²) < 4.78 is 44.1. The maximum atomic E-state index is 12.9. The van der Waals surface area contributed by atoms with Gasteiger partial charge < -0.3 is 26.0 Å². The third kappa shape index (κ3) is 4.05. The fraction of sp³-hybridized carbons (Fsp3) is 0.438. The lowest BCUT2D eigenvalue weighted by Crippen LogP contribution is -2.49. The Hall–Kier alpha value is -2.26. The highest BCUT2D eigenvalue weighted by Gasteiger charge is 2.45. The van der Waals surface area contributed by atoms with E-state index in [-0.39, 0.29) is 5.96 Å². The molecule has 1 saturated heterocycles. The first-order valence-electron chi connectivity index (χ1n) is 7.88. The molecule has 2 aliphatic rings. The average molecular weight is 355 g/mol. The number of alkyl halides is 3. The van der Waals surface area contributed by atoms with Crippen LogP contribution in [0.5, 0.6) is 0 Å². The standard InChI is InChI=1S/C16H20F3N5O/c1-15(20)13(16(17,18)19)10-21-14(23-15)22-11-2-4-12(5-3-11)24-6-8-25-9-7-24/h2-5,10H,6-9,20H2,1H3,(H2,21,22,23). The summed E-state index contributed by atoms with van der Waals surface area (Å²) in [4.78, 5) is 6.13. The van der Waals surface area contributed by atoms with E-state index >= 15 is 0 Å². The summed E-state index contributed by atoms with van der Waals surface area (Å²) in [6.45, 7) is 4.28. The number of nitrogens with one attached hydrogen (secondary N) is 2. The third-order valence-corrected chi connectivity index (χ3v) is 4.05. The molecule has 0 spiro atoms. The topological polar surface area (TPSA) is 74.9 Å². The molecular formula is C16H20F3N5O. The lowest BCUT2D eigenvalue weighted by molar-refractivity contribution is -0.100. The van der Waals surface area contributed by atoms with Crippen LogP contribution in [0.25, 0.3) is 0 Å². The van der Waals surface area contributed by atoms with Crippen molar-refractivity contribution in [2.75, 3.05) is 36.5 Å². The van der Waals surface area contributed by atoms with Crippen molar-refractivity contribution >= 4 is 17.3 Å². The molecule has 0 bridgehead atoms. The van der Waals surface area contributed by atoms with Gasteiger partial charge in [0.2, 0.25) is 5.96 Å². The predicted molar refractivity (Wildman–Crippen MR) is 90.4 cm³/mol. The van der Waals surface area contributed by atoms with E-state index in [0.29, 0.717) is 18.9 Å². The van der Waals surface area contributed by atoms with E-state index in [2.05, 4.69) is 20.5 Å². The Kier molecular flexibility index (Phi) is 4.61. The Bertz CT molecular complexity index is 676. The van der Waals surface area contributed by atoms with Crippen LogP contribution in [0.3, 0.4) is 0 Å². The molecule has 1 aromatic carbocycles. The summed E-state index contributed by atoms with van der Waals surface area (Å²) >= 11 is 0. The van der Waals surface area contributed by atoms with Crippen molar-refractivity contribution in [3.63, 3.8) is 0 Å². The van der Waals surface area contributed by atoms with Gasteiger partial charge in [-0.2, -0.15) is 13.2 Å². The van der Waals surface area contributed by atoms with Crippen LogP contribution >= 0.6 is 0 Å². The van der Waals surface area contributed by atoms with Gasteiger partial charge in [0.15, 0.2) is 0 Å². The predicted octanol–water partition coefficient (Wildman–Crippen LogP) is 2.02. The summed E-state index contributed by atoms with van der Waals surface area (Å²) in [5, 5.41) is 5.45. The Morgan fingerprint density at radius 2 is 1.88 bits per heavy atom. The summed E-state index contributed by atoms with van der Waals surface area (Å²) in [7, 11) is 0. The van der Waals surface area contributed by atoms with Crippen LogP contribution in [0, 0.1) is 0 Å². The molecule has 136 valence electrons. The number of nitrogens with zero attached hydrogens (tertiary/aromatic N) is 2. The second kappa shape index (κ2) is 6.57. The molecule has 1 unspecified atom stereocenters. The molecule has 0 amide bonds. The molecule has 0 radical (unpaired) electrons. The first kappa shape index (κ1) is 17.6. The van der Waals surface area contributed by atoms with E-state index in [1.54, 1.807) is 0 Å². The largest absolute Gasteiger partial charge is 0.417 e. The van der Waals surface area contributed by atoms with Gasteiger partial charge in [-0.1, -0.05) is 0 Å². The zero-order valence-electron chi connectivity index (χ0n) is 13.7. The van der Waals surface area contributed by atoms with Crippen LogP contribution in [0.4, 0.5) is 24.5 Å². The van der Waals surface area contributed by atoms with E-state index < -0.39 is 17.4 Å². The fourth-order valence-electron chi connectivity index (χ4n) is 2.76. The Balaban J connectivity index is 1.68. The summed E-state index contributed by atoms with van der Waals surface area (Å²) in [5.41, 5.74) is 4.69. The molecule has 0 saturated carbocycles. The number of ether oxygens (including phenoxy) is 1. The lowest BCUT2D eigenvalue weighted by atomic mass is 10.0. The molecule has 3 rings (SSSR count). The van der Waals surface area contributed by atoms with E-state index in [1.165, 1.54) is 6.92 Å². The van der Waals surface area contributed by atoms with Crippen LogP contribution in [-0.2, 0) is 4.74 Å². The minimum absolute atomic E-state index is 0.164. The van der Waals surface area contributed by atoms with Crippen molar-refractivity contribution in [2.45, 2.75) is 18.8 Å². The van der Waals surface area contributed by atoms with E-state index in [0.717, 1.165) is 25.0 Å². The molecule has 25 heavy (non-hydrogen) atoms. The number of nitrogens with two attached hydrogens (primary N) is 1. The quantitative estimate of drug-likeness (QED) is 0.757. The van der Waals surface area contributed by atoms with Gasteiger partial charge in [0.25, 0.3) is 0 Å². The SMILES string of the molecule is CC1(N)N=C(Nc2ccc(N3CCOCC3)cc2)NC=C1C(F)(F)F. The first-order chi connectivity index (χ1) is 11.8. The number of halogens is 3. The van der Waals surface area contributed by atoms with Crippen LogP contribution in [0.1, 0.15) is 6.92 Å². The molecule has 0 aliphatic carbocycles. The van der Waals surface area contributed by atoms with Gasteiger partial charge in [0.1, 0.15) is 5.66 Å². The zero-order valence-corrected chi connectivity index (χ0v) is 13.7. The number of anilines is 2. The molecule has 1 aromatic rings. The molecular weight excluding hydrogens is 335 g/mol. The van der Waals surface area contributed by atoms with Gasteiger partial charge in [-0.3, -0.25) is 0 Å². The fourth-order valence-corrected chi connectivity index (χ4v) is 2.76. The molecule has 4 N–H and O–H groups in total. The highest BCUT2D eigenvalue weighted by Crippen LogP contribution is 2.34. The van der Waals surface area contributed by atoms with Gasteiger partial charge in [0.05, 0.1) is 18.8 Å².